The number of carbonyl (C=O) groups is 1. The lowest BCUT2D eigenvalue weighted by Gasteiger charge is -2.39. The molecule has 0 aromatic carbocycles. The van der Waals surface area contributed by atoms with Crippen LogP contribution in [0, 0.1) is 0 Å². The molecule has 0 saturated heterocycles. The maximum Gasteiger partial charge on any atom is 0.322 e. The molecule has 1 saturated carbocycles. The molecule has 1 heterocycles. The summed E-state index contributed by atoms with van der Waals surface area (Å²) < 4.78 is 4.84. The number of rotatable bonds is 5. The lowest BCUT2D eigenvalue weighted by Crippen LogP contribution is -2.48. The van der Waals surface area contributed by atoms with Gasteiger partial charge in [-0.1, -0.05) is 6.42 Å². The Morgan fingerprint density at radius 3 is 2.94 bits per heavy atom. The Kier molecular flexibility index (Phi) is 4.12. The van der Waals surface area contributed by atoms with Crippen molar-refractivity contribution in [3.05, 3.63) is 16.6 Å². The molecular weight excluding hydrogens is 236 g/mol. The number of thiazole rings is 1. The van der Waals surface area contributed by atoms with E-state index < -0.39 is 0 Å². The van der Waals surface area contributed by atoms with Gasteiger partial charge in [-0.15, -0.1) is 11.3 Å². The number of aromatic nitrogens is 1. The van der Waals surface area contributed by atoms with Gasteiger partial charge in [0.2, 0.25) is 0 Å². The van der Waals surface area contributed by atoms with Gasteiger partial charge in [-0.25, -0.2) is 0 Å². The first-order valence-electron chi connectivity index (χ1n) is 5.93. The Hall–Kier alpha value is -0.940. The van der Waals surface area contributed by atoms with Crippen LogP contribution in [-0.4, -0.2) is 35.0 Å². The van der Waals surface area contributed by atoms with Gasteiger partial charge in [-0.2, -0.15) is 0 Å². The van der Waals surface area contributed by atoms with E-state index in [9.17, 15) is 4.79 Å². The number of ether oxygens (including phenoxy) is 1. The third-order valence-electron chi connectivity index (χ3n) is 3.41. The molecule has 4 nitrogen and oxygen atoms in total. The summed E-state index contributed by atoms with van der Waals surface area (Å²) in [6, 6.07) is 0.346. The smallest absolute Gasteiger partial charge is 0.322 e. The quantitative estimate of drug-likeness (QED) is 0.754. The van der Waals surface area contributed by atoms with Crippen molar-refractivity contribution in [3.63, 3.8) is 0 Å². The highest BCUT2D eigenvalue weighted by molar-refractivity contribution is 7.09. The number of esters is 1. The zero-order valence-electron chi connectivity index (χ0n) is 10.3. The second kappa shape index (κ2) is 5.60. The number of hydrogen-bond donors (Lipinski definition) is 0. The molecule has 0 N–H and O–H groups in total. The summed E-state index contributed by atoms with van der Waals surface area (Å²) in [5.74, 6) is -0.151. The predicted molar refractivity (Wildman–Crippen MR) is 66.8 cm³/mol. The van der Waals surface area contributed by atoms with E-state index in [1.807, 2.05) is 18.6 Å². The molecular formula is C12H18N2O2S. The summed E-state index contributed by atoms with van der Waals surface area (Å²) in [7, 11) is 1.45. The highest BCUT2D eigenvalue weighted by Crippen LogP contribution is 2.28. The van der Waals surface area contributed by atoms with Gasteiger partial charge >= 0.3 is 5.97 Å². The van der Waals surface area contributed by atoms with E-state index in [0.29, 0.717) is 6.04 Å². The molecule has 0 aliphatic heterocycles. The lowest BCUT2D eigenvalue weighted by atomic mass is 9.90. The molecule has 0 bridgehead atoms. The summed E-state index contributed by atoms with van der Waals surface area (Å²) in [4.78, 5) is 19.2. The summed E-state index contributed by atoms with van der Waals surface area (Å²) in [6.45, 7) is 2.72. The highest BCUT2D eigenvalue weighted by Gasteiger charge is 2.32. The fourth-order valence-electron chi connectivity index (χ4n) is 2.11. The summed E-state index contributed by atoms with van der Waals surface area (Å²) in [5, 5.41) is 0. The molecule has 94 valence electrons. The number of nitrogens with zero attached hydrogens (tertiary/aromatic N) is 2. The topological polar surface area (TPSA) is 42.4 Å². The van der Waals surface area contributed by atoms with Crippen LogP contribution in [0.1, 0.15) is 31.1 Å². The first-order valence-corrected chi connectivity index (χ1v) is 6.81. The van der Waals surface area contributed by atoms with Crippen LogP contribution in [0.25, 0.3) is 0 Å². The van der Waals surface area contributed by atoms with Crippen molar-refractivity contribution in [3.8, 4) is 0 Å². The monoisotopic (exact) mass is 254 g/mol. The van der Waals surface area contributed by atoms with Crippen LogP contribution in [0.5, 0.6) is 0 Å². The van der Waals surface area contributed by atoms with Crippen LogP contribution in [0.2, 0.25) is 0 Å². The van der Waals surface area contributed by atoms with E-state index >= 15 is 0 Å². The van der Waals surface area contributed by atoms with E-state index in [1.54, 1.807) is 11.3 Å². The Morgan fingerprint density at radius 1 is 1.71 bits per heavy atom. The number of hydrogen-bond acceptors (Lipinski definition) is 5. The maximum atomic E-state index is 11.7. The molecule has 1 aromatic heterocycles. The van der Waals surface area contributed by atoms with Crippen molar-refractivity contribution in [2.75, 3.05) is 7.11 Å². The van der Waals surface area contributed by atoms with Crippen LogP contribution >= 0.6 is 11.3 Å². The SMILES string of the molecule is COC(=O)[C@@H](C)N(Cc1cncs1)C1CCC1. The van der Waals surface area contributed by atoms with Crippen LogP contribution in [0.15, 0.2) is 11.7 Å². The Labute approximate surface area is 106 Å². The highest BCUT2D eigenvalue weighted by atomic mass is 32.1. The molecule has 1 aliphatic carbocycles. The van der Waals surface area contributed by atoms with E-state index in [4.69, 9.17) is 4.74 Å². The summed E-state index contributed by atoms with van der Waals surface area (Å²) >= 11 is 1.64. The van der Waals surface area contributed by atoms with Crippen LogP contribution in [0.3, 0.4) is 0 Å². The molecule has 0 unspecified atom stereocenters. The van der Waals surface area contributed by atoms with Crippen LogP contribution in [-0.2, 0) is 16.1 Å². The first-order chi connectivity index (χ1) is 8.22. The zero-order valence-corrected chi connectivity index (χ0v) is 11.1. The molecule has 0 amide bonds. The lowest BCUT2D eigenvalue weighted by molar-refractivity contribution is -0.148. The summed E-state index contributed by atoms with van der Waals surface area (Å²) in [6.07, 6.45) is 5.50. The molecule has 1 fully saturated rings. The standard InChI is InChI=1S/C12H18N2O2S/c1-9(12(15)16-2)14(10-4-3-5-10)7-11-6-13-8-17-11/h6,8-10H,3-5,7H2,1-2H3/t9-/m1/s1. The second-order valence-electron chi connectivity index (χ2n) is 4.42. The second-order valence-corrected chi connectivity index (χ2v) is 5.39. The number of methoxy groups -OCH3 is 1. The maximum absolute atomic E-state index is 11.7. The van der Waals surface area contributed by atoms with Crippen LogP contribution < -0.4 is 0 Å². The Balaban J connectivity index is 2.04. The van der Waals surface area contributed by atoms with Gasteiger partial charge in [-0.05, 0) is 19.8 Å². The molecule has 1 atom stereocenters. The third kappa shape index (κ3) is 2.84. The largest absolute Gasteiger partial charge is 0.468 e. The van der Waals surface area contributed by atoms with E-state index in [0.717, 1.165) is 6.54 Å². The van der Waals surface area contributed by atoms with Gasteiger partial charge in [0.05, 0.1) is 12.6 Å². The van der Waals surface area contributed by atoms with Crippen molar-refractivity contribution in [2.24, 2.45) is 0 Å². The minimum Gasteiger partial charge on any atom is -0.468 e. The Morgan fingerprint density at radius 2 is 2.47 bits per heavy atom. The van der Waals surface area contributed by atoms with Gasteiger partial charge in [0.15, 0.2) is 0 Å². The zero-order chi connectivity index (χ0) is 12.3. The van der Waals surface area contributed by atoms with Crippen molar-refractivity contribution < 1.29 is 9.53 Å². The van der Waals surface area contributed by atoms with Gasteiger partial charge in [-0.3, -0.25) is 14.7 Å². The third-order valence-corrected chi connectivity index (χ3v) is 4.17. The van der Waals surface area contributed by atoms with Crippen molar-refractivity contribution in [1.29, 1.82) is 0 Å². The molecule has 1 aromatic rings. The van der Waals surface area contributed by atoms with Gasteiger partial charge in [0.1, 0.15) is 6.04 Å². The van der Waals surface area contributed by atoms with E-state index in [-0.39, 0.29) is 12.0 Å². The first kappa shape index (κ1) is 12.5. The molecule has 5 heteroatoms. The van der Waals surface area contributed by atoms with E-state index in [2.05, 4.69) is 9.88 Å². The minimum absolute atomic E-state index is 0.151. The van der Waals surface area contributed by atoms with E-state index in [1.165, 1.54) is 31.2 Å². The predicted octanol–water partition coefficient (Wildman–Crippen LogP) is 2.06. The fourth-order valence-corrected chi connectivity index (χ4v) is 2.71. The molecule has 1 aliphatic rings. The average molecular weight is 254 g/mol. The fraction of sp³-hybridized carbons (Fsp3) is 0.667. The summed E-state index contributed by atoms with van der Waals surface area (Å²) in [5.41, 5.74) is 1.83. The molecule has 2 rings (SSSR count). The van der Waals surface area contributed by atoms with Gasteiger partial charge in [0, 0.05) is 23.7 Å². The molecule has 17 heavy (non-hydrogen) atoms. The molecule has 0 spiro atoms. The molecule has 0 radical (unpaired) electrons. The van der Waals surface area contributed by atoms with Gasteiger partial charge < -0.3 is 4.74 Å². The van der Waals surface area contributed by atoms with Crippen molar-refractivity contribution in [1.82, 2.24) is 9.88 Å². The van der Waals surface area contributed by atoms with Crippen molar-refractivity contribution in [2.45, 2.75) is 44.8 Å². The average Bonchev–Trinajstić information content (AvgIpc) is 2.76. The van der Waals surface area contributed by atoms with Crippen molar-refractivity contribution >= 4 is 17.3 Å². The minimum atomic E-state index is -0.174. The van der Waals surface area contributed by atoms with Gasteiger partial charge in [0.25, 0.3) is 0 Å². The Bertz CT molecular complexity index is 363. The van der Waals surface area contributed by atoms with Crippen LogP contribution in [0.4, 0.5) is 0 Å². The number of carbonyl (C=O) groups excluding carboxylic acids is 1. The normalized spacial score (nSPS) is 17.8.